The Kier molecular flexibility index (Phi) is 14.2. The third-order valence-corrected chi connectivity index (χ3v) is 11.3. The fraction of sp³-hybridized carbons (Fsp3) is 0.561. The number of nitrogens with two attached hydrogens (primary N) is 1. The molecule has 3 heterocycles. The largest absolute Gasteiger partial charge is 0.480 e. The number of piperidine rings is 2. The molecule has 0 radical (unpaired) electrons. The fourth-order valence-corrected chi connectivity index (χ4v) is 8.00. The van der Waals surface area contributed by atoms with Crippen molar-refractivity contribution in [1.82, 2.24) is 25.3 Å². The predicted octanol–water partition coefficient (Wildman–Crippen LogP) is 2.65. The number of rotatable bonds is 14. The summed E-state index contributed by atoms with van der Waals surface area (Å²) in [4.78, 5) is 86.8. The lowest BCUT2D eigenvalue weighted by Crippen LogP contribution is -2.63. The highest BCUT2D eigenvalue weighted by atomic mass is 16.4. The number of carbonyl (C=O) groups is 6. The summed E-state index contributed by atoms with van der Waals surface area (Å²) in [5, 5.41) is 15.6. The number of likely N-dealkylation sites (tertiary alicyclic amines) is 3. The van der Waals surface area contributed by atoms with Crippen LogP contribution in [0.3, 0.4) is 0 Å². The predicted molar refractivity (Wildman–Crippen MR) is 203 cm³/mol. The lowest BCUT2D eigenvalue weighted by molar-refractivity contribution is -0.155. The van der Waals surface area contributed by atoms with Crippen LogP contribution in [0.25, 0.3) is 0 Å². The highest BCUT2D eigenvalue weighted by Crippen LogP contribution is 2.27. The summed E-state index contributed by atoms with van der Waals surface area (Å²) < 4.78 is 0. The molecule has 0 aliphatic carbocycles. The Morgan fingerprint density at radius 3 is 1.85 bits per heavy atom. The van der Waals surface area contributed by atoms with E-state index in [-0.39, 0.29) is 30.7 Å². The minimum atomic E-state index is -1.08. The summed E-state index contributed by atoms with van der Waals surface area (Å²) in [6, 6.07) is 13.2. The first-order chi connectivity index (χ1) is 26.0. The molecule has 2 aromatic carbocycles. The van der Waals surface area contributed by atoms with Gasteiger partial charge < -0.3 is 36.2 Å². The molecule has 7 atom stereocenters. The monoisotopic (exact) mass is 744 g/mol. The number of hydrogen-bond donors (Lipinski definition) is 4. The van der Waals surface area contributed by atoms with Gasteiger partial charge >= 0.3 is 5.97 Å². The van der Waals surface area contributed by atoms with Gasteiger partial charge in [0.2, 0.25) is 29.5 Å². The minimum absolute atomic E-state index is 0.164. The molecule has 54 heavy (non-hydrogen) atoms. The Morgan fingerprint density at radius 2 is 1.24 bits per heavy atom. The molecule has 13 heteroatoms. The van der Waals surface area contributed by atoms with Crippen molar-refractivity contribution in [3.63, 3.8) is 0 Å². The van der Waals surface area contributed by atoms with E-state index in [9.17, 15) is 33.9 Å². The fourth-order valence-electron chi connectivity index (χ4n) is 8.00. The van der Waals surface area contributed by atoms with Crippen LogP contribution in [-0.4, -0.2) is 111 Å². The van der Waals surface area contributed by atoms with Crippen LogP contribution in [0.1, 0.15) is 82.8 Å². The summed E-state index contributed by atoms with van der Waals surface area (Å²) in [6.45, 7) is 4.78. The number of carboxylic acid groups (broad SMARTS) is 1. The highest BCUT2D eigenvalue weighted by Gasteiger charge is 2.44. The van der Waals surface area contributed by atoms with E-state index in [0.717, 1.165) is 17.5 Å². The van der Waals surface area contributed by atoms with Gasteiger partial charge in [-0.3, -0.25) is 24.0 Å². The van der Waals surface area contributed by atoms with Crippen molar-refractivity contribution >= 4 is 35.5 Å². The third kappa shape index (κ3) is 9.85. The standard InChI is InChI=1S/C41H56N6O7/c1-3-27(2)35(44-36(48)30(42)25-28-15-6-4-7-16-28)40(52)46-23-13-11-20-33(46)39(51)45-22-12-10-19-32(45)37(49)43-31(26-29-17-8-5-9-18-29)38(50)47-24-14-21-34(47)41(53)54/h4-9,15-18,27,30-35H,3,10-14,19-26,42H2,1-2H3,(H,43,49)(H,44,48)(H,53,54)/t27?,30-,31-,32+,33-,34+,35+/m1/s1. The maximum absolute atomic E-state index is 14.5. The van der Waals surface area contributed by atoms with Gasteiger partial charge in [-0.1, -0.05) is 80.9 Å². The van der Waals surface area contributed by atoms with Gasteiger partial charge in [0, 0.05) is 26.1 Å². The van der Waals surface area contributed by atoms with Gasteiger partial charge in [0.25, 0.3) is 0 Å². The first kappa shape index (κ1) is 40.4. The molecular formula is C41H56N6O7. The summed E-state index contributed by atoms with van der Waals surface area (Å²) in [7, 11) is 0. The average molecular weight is 745 g/mol. The first-order valence-corrected chi connectivity index (χ1v) is 19.6. The van der Waals surface area contributed by atoms with Crippen LogP contribution in [0.4, 0.5) is 0 Å². The maximum atomic E-state index is 14.5. The zero-order chi connectivity index (χ0) is 38.8. The lowest BCUT2D eigenvalue weighted by atomic mass is 9.92. The van der Waals surface area contributed by atoms with Crippen molar-refractivity contribution in [3.05, 3.63) is 71.8 Å². The van der Waals surface area contributed by atoms with Gasteiger partial charge in [-0.15, -0.1) is 0 Å². The molecule has 3 saturated heterocycles. The number of benzene rings is 2. The van der Waals surface area contributed by atoms with Crippen LogP contribution < -0.4 is 16.4 Å². The van der Waals surface area contributed by atoms with E-state index >= 15 is 0 Å². The van der Waals surface area contributed by atoms with Crippen molar-refractivity contribution in [2.24, 2.45) is 11.7 Å². The molecule has 0 spiro atoms. The Labute approximate surface area is 318 Å². The molecule has 0 aromatic heterocycles. The van der Waals surface area contributed by atoms with Crippen molar-refractivity contribution in [2.45, 2.75) is 121 Å². The number of nitrogens with one attached hydrogen (secondary N) is 2. The van der Waals surface area contributed by atoms with Crippen molar-refractivity contribution < 1.29 is 33.9 Å². The number of carboxylic acids is 1. The number of aliphatic carboxylic acids is 1. The smallest absolute Gasteiger partial charge is 0.326 e. The normalized spacial score (nSPS) is 22.4. The van der Waals surface area contributed by atoms with E-state index in [4.69, 9.17) is 5.73 Å². The molecule has 3 fully saturated rings. The van der Waals surface area contributed by atoms with Gasteiger partial charge in [-0.05, 0) is 74.8 Å². The number of amides is 5. The molecule has 2 aromatic rings. The summed E-state index contributed by atoms with van der Waals surface area (Å²) in [6.07, 6.45) is 5.60. The molecule has 3 aliphatic heterocycles. The van der Waals surface area contributed by atoms with Crippen molar-refractivity contribution in [2.75, 3.05) is 19.6 Å². The quantitative estimate of drug-likeness (QED) is 0.228. The molecule has 3 aliphatic rings. The molecular weight excluding hydrogens is 688 g/mol. The number of carbonyl (C=O) groups excluding carboxylic acids is 5. The maximum Gasteiger partial charge on any atom is 0.326 e. The van der Waals surface area contributed by atoms with Crippen molar-refractivity contribution in [3.8, 4) is 0 Å². The molecule has 292 valence electrons. The minimum Gasteiger partial charge on any atom is -0.480 e. The zero-order valence-corrected chi connectivity index (χ0v) is 31.5. The first-order valence-electron chi connectivity index (χ1n) is 19.6. The molecule has 5 rings (SSSR count). The van der Waals surface area contributed by atoms with E-state index in [1.165, 1.54) is 4.90 Å². The Morgan fingerprint density at radius 1 is 0.704 bits per heavy atom. The summed E-state index contributed by atoms with van der Waals surface area (Å²) >= 11 is 0. The van der Waals surface area contributed by atoms with Gasteiger partial charge in [-0.25, -0.2) is 4.79 Å². The lowest BCUT2D eigenvalue weighted by Gasteiger charge is -2.43. The summed E-state index contributed by atoms with van der Waals surface area (Å²) in [5.41, 5.74) is 8.01. The van der Waals surface area contributed by atoms with Crippen LogP contribution >= 0.6 is 0 Å². The van der Waals surface area contributed by atoms with E-state index in [2.05, 4.69) is 10.6 Å². The zero-order valence-electron chi connectivity index (χ0n) is 31.5. The molecule has 5 N–H and O–H groups in total. The summed E-state index contributed by atoms with van der Waals surface area (Å²) in [5.74, 6) is -3.35. The van der Waals surface area contributed by atoms with Crippen LogP contribution in [0.5, 0.6) is 0 Å². The molecule has 1 unspecified atom stereocenters. The number of hydrogen-bond acceptors (Lipinski definition) is 7. The van der Waals surface area contributed by atoms with Crippen LogP contribution in [0, 0.1) is 5.92 Å². The average Bonchev–Trinajstić information content (AvgIpc) is 3.70. The molecule has 0 saturated carbocycles. The second-order valence-corrected chi connectivity index (χ2v) is 15.0. The second kappa shape index (κ2) is 19.0. The van der Waals surface area contributed by atoms with Gasteiger partial charge in [0.15, 0.2) is 0 Å². The van der Waals surface area contributed by atoms with Gasteiger partial charge in [-0.2, -0.15) is 0 Å². The Balaban J connectivity index is 1.32. The van der Waals surface area contributed by atoms with Crippen LogP contribution in [0.2, 0.25) is 0 Å². The molecule has 5 amide bonds. The van der Waals surface area contributed by atoms with Crippen LogP contribution in [0.15, 0.2) is 60.7 Å². The van der Waals surface area contributed by atoms with E-state index < -0.39 is 59.9 Å². The van der Waals surface area contributed by atoms with Crippen molar-refractivity contribution in [1.29, 1.82) is 0 Å². The van der Waals surface area contributed by atoms with E-state index in [1.54, 1.807) is 9.80 Å². The van der Waals surface area contributed by atoms with Gasteiger partial charge in [0.1, 0.15) is 30.2 Å². The highest BCUT2D eigenvalue weighted by molar-refractivity contribution is 5.97. The Bertz CT molecular complexity index is 1620. The molecule has 13 nitrogen and oxygen atoms in total. The molecule has 0 bridgehead atoms. The Hall–Kier alpha value is -4.78. The van der Waals surface area contributed by atoms with Gasteiger partial charge in [0.05, 0.1) is 6.04 Å². The topological polar surface area (TPSA) is 182 Å². The van der Waals surface area contributed by atoms with Crippen LogP contribution in [-0.2, 0) is 41.6 Å². The third-order valence-electron chi connectivity index (χ3n) is 11.3. The second-order valence-electron chi connectivity index (χ2n) is 15.0. The number of nitrogens with zero attached hydrogens (tertiary/aromatic N) is 3. The SMILES string of the molecule is CCC(C)[C@H](NC(=O)[C@H](N)Cc1ccccc1)C(=O)N1CCCC[C@@H]1C(=O)N1CCCC[C@H]1C(=O)N[C@H](Cc1ccccc1)C(=O)N1CCC[C@H]1C(=O)O. The van der Waals surface area contributed by atoms with E-state index in [1.807, 2.05) is 74.5 Å². The van der Waals surface area contributed by atoms with E-state index in [0.29, 0.717) is 70.9 Å².